The second kappa shape index (κ2) is 5.23. The van der Waals surface area contributed by atoms with Gasteiger partial charge in [0.25, 0.3) is 0 Å². The maximum absolute atomic E-state index is 12.9. The van der Waals surface area contributed by atoms with Crippen LogP contribution in [-0.2, 0) is 9.53 Å². The zero-order chi connectivity index (χ0) is 11.4. The molecule has 0 saturated heterocycles. The third-order valence-electron chi connectivity index (χ3n) is 1.71. The quantitative estimate of drug-likeness (QED) is 0.861. The minimum absolute atomic E-state index is 0.167. The summed E-state index contributed by atoms with van der Waals surface area (Å²) in [6.07, 6.45) is -1.45. The van der Waals surface area contributed by atoms with Crippen LogP contribution in [0.25, 0.3) is 0 Å². The van der Waals surface area contributed by atoms with Crippen molar-refractivity contribution in [1.82, 2.24) is 0 Å². The number of ether oxygens (including phenoxy) is 1. The van der Waals surface area contributed by atoms with Gasteiger partial charge in [-0.1, -0.05) is 15.9 Å². The second-order valence-electron chi connectivity index (χ2n) is 2.86. The van der Waals surface area contributed by atoms with Crippen molar-refractivity contribution in [2.24, 2.45) is 0 Å². The zero-order valence-electron chi connectivity index (χ0n) is 8.04. The molecule has 1 N–H and O–H groups in total. The average Bonchev–Trinajstić information content (AvgIpc) is 2.15. The van der Waals surface area contributed by atoms with E-state index in [1.165, 1.54) is 12.1 Å². The Bertz CT molecular complexity index is 347. The van der Waals surface area contributed by atoms with Crippen molar-refractivity contribution in [3.63, 3.8) is 0 Å². The Morgan fingerprint density at radius 2 is 2.27 bits per heavy atom. The number of halogens is 2. The average molecular weight is 277 g/mol. The molecule has 1 atom stereocenters. The first-order valence-corrected chi connectivity index (χ1v) is 5.14. The van der Waals surface area contributed by atoms with Crippen LogP contribution in [0.5, 0.6) is 0 Å². The molecule has 0 spiro atoms. The fourth-order valence-corrected chi connectivity index (χ4v) is 1.57. The van der Waals surface area contributed by atoms with Gasteiger partial charge in [0.05, 0.1) is 6.61 Å². The summed E-state index contributed by atoms with van der Waals surface area (Å²) in [4.78, 5) is 11.2. The van der Waals surface area contributed by atoms with E-state index in [9.17, 15) is 14.3 Å². The van der Waals surface area contributed by atoms with Crippen molar-refractivity contribution < 1.29 is 19.0 Å². The molecule has 0 heterocycles. The van der Waals surface area contributed by atoms with E-state index in [0.29, 0.717) is 4.47 Å². The molecule has 1 aromatic carbocycles. The summed E-state index contributed by atoms with van der Waals surface area (Å²) in [6, 6.07) is 3.79. The third kappa shape index (κ3) is 3.28. The molecule has 0 aliphatic heterocycles. The van der Waals surface area contributed by atoms with Crippen LogP contribution in [0, 0.1) is 5.82 Å². The lowest BCUT2D eigenvalue weighted by Crippen LogP contribution is -2.15. The van der Waals surface area contributed by atoms with E-state index in [2.05, 4.69) is 20.7 Å². The van der Waals surface area contributed by atoms with E-state index in [0.717, 1.165) is 6.07 Å². The van der Waals surface area contributed by atoms with Crippen LogP contribution in [0.2, 0.25) is 0 Å². The number of benzene rings is 1. The third-order valence-corrected chi connectivity index (χ3v) is 2.17. The summed E-state index contributed by atoms with van der Waals surface area (Å²) < 4.78 is 18.0. The molecule has 0 radical (unpaired) electrons. The molecule has 0 aliphatic carbocycles. The zero-order valence-corrected chi connectivity index (χ0v) is 9.62. The minimum Gasteiger partial charge on any atom is -0.464 e. The minimum atomic E-state index is -1.45. The van der Waals surface area contributed by atoms with Crippen molar-refractivity contribution in [3.8, 4) is 0 Å². The van der Waals surface area contributed by atoms with E-state index >= 15 is 0 Å². The maximum Gasteiger partial charge on any atom is 0.339 e. The van der Waals surface area contributed by atoms with Crippen molar-refractivity contribution in [2.45, 2.75) is 13.0 Å². The Kier molecular flexibility index (Phi) is 4.23. The first kappa shape index (κ1) is 12.1. The highest BCUT2D eigenvalue weighted by Crippen LogP contribution is 2.21. The molecule has 0 bridgehead atoms. The number of aliphatic hydroxyl groups excluding tert-OH is 1. The van der Waals surface area contributed by atoms with Crippen LogP contribution in [0.3, 0.4) is 0 Å². The highest BCUT2D eigenvalue weighted by atomic mass is 79.9. The van der Waals surface area contributed by atoms with Crippen molar-refractivity contribution in [2.75, 3.05) is 6.61 Å². The van der Waals surface area contributed by atoms with E-state index < -0.39 is 17.9 Å². The Labute approximate surface area is 95.0 Å². The van der Waals surface area contributed by atoms with Crippen LogP contribution >= 0.6 is 15.9 Å². The number of hydrogen-bond acceptors (Lipinski definition) is 3. The monoisotopic (exact) mass is 276 g/mol. The molecule has 5 heteroatoms. The topological polar surface area (TPSA) is 46.5 Å². The molecule has 0 aromatic heterocycles. The van der Waals surface area contributed by atoms with Gasteiger partial charge in [0.15, 0.2) is 6.10 Å². The SMILES string of the molecule is CCOC(=O)C(O)c1cc(F)cc(Br)c1. The summed E-state index contributed by atoms with van der Waals surface area (Å²) in [7, 11) is 0. The molecule has 15 heavy (non-hydrogen) atoms. The maximum atomic E-state index is 12.9. The first-order chi connectivity index (χ1) is 7.04. The second-order valence-corrected chi connectivity index (χ2v) is 3.77. The number of rotatable bonds is 3. The van der Waals surface area contributed by atoms with Crippen LogP contribution in [0.15, 0.2) is 22.7 Å². The number of hydrogen-bond donors (Lipinski definition) is 1. The summed E-state index contributed by atoms with van der Waals surface area (Å²) >= 11 is 3.07. The van der Waals surface area contributed by atoms with Gasteiger partial charge in [-0.25, -0.2) is 9.18 Å². The number of esters is 1. The molecule has 1 aromatic rings. The lowest BCUT2D eigenvalue weighted by Gasteiger charge is -2.10. The number of carbonyl (C=O) groups excluding carboxylic acids is 1. The van der Waals surface area contributed by atoms with Gasteiger partial charge in [-0.15, -0.1) is 0 Å². The summed E-state index contributed by atoms with van der Waals surface area (Å²) in [5, 5.41) is 9.51. The molecular weight excluding hydrogens is 267 g/mol. The normalized spacial score (nSPS) is 12.3. The van der Waals surface area contributed by atoms with Crippen LogP contribution in [0.1, 0.15) is 18.6 Å². The fraction of sp³-hybridized carbons (Fsp3) is 0.300. The van der Waals surface area contributed by atoms with E-state index in [-0.39, 0.29) is 12.2 Å². The summed E-state index contributed by atoms with van der Waals surface area (Å²) in [5.41, 5.74) is 0.167. The molecule has 3 nitrogen and oxygen atoms in total. The highest BCUT2D eigenvalue weighted by molar-refractivity contribution is 9.10. The van der Waals surface area contributed by atoms with Gasteiger partial charge >= 0.3 is 5.97 Å². The molecule has 0 aliphatic rings. The van der Waals surface area contributed by atoms with Crippen LogP contribution in [0.4, 0.5) is 4.39 Å². The number of aliphatic hydroxyl groups is 1. The Morgan fingerprint density at radius 3 is 2.80 bits per heavy atom. The predicted molar refractivity (Wildman–Crippen MR) is 55.7 cm³/mol. The summed E-state index contributed by atoms with van der Waals surface area (Å²) in [6.45, 7) is 1.80. The van der Waals surface area contributed by atoms with Gasteiger partial charge in [-0.05, 0) is 30.7 Å². The van der Waals surface area contributed by atoms with Gasteiger partial charge in [-0.2, -0.15) is 0 Å². The molecule has 1 rings (SSSR count). The van der Waals surface area contributed by atoms with Gasteiger partial charge in [-0.3, -0.25) is 0 Å². The fourth-order valence-electron chi connectivity index (χ4n) is 1.09. The van der Waals surface area contributed by atoms with Crippen molar-refractivity contribution in [1.29, 1.82) is 0 Å². The predicted octanol–water partition coefficient (Wildman–Crippen LogP) is 2.18. The van der Waals surface area contributed by atoms with Crippen LogP contribution < -0.4 is 0 Å². The van der Waals surface area contributed by atoms with E-state index in [1.807, 2.05) is 0 Å². The highest BCUT2D eigenvalue weighted by Gasteiger charge is 2.19. The molecule has 82 valence electrons. The van der Waals surface area contributed by atoms with Gasteiger partial charge in [0.1, 0.15) is 5.82 Å². The Hall–Kier alpha value is -0.940. The summed E-state index contributed by atoms with van der Waals surface area (Å²) in [5.74, 6) is -1.31. The lowest BCUT2D eigenvalue weighted by atomic mass is 10.1. The molecule has 0 fully saturated rings. The first-order valence-electron chi connectivity index (χ1n) is 4.35. The standard InChI is InChI=1S/C10H10BrFO3/c1-2-15-10(14)9(13)6-3-7(11)5-8(12)4-6/h3-5,9,13H,2H2,1H3. The molecular formula is C10H10BrFO3. The van der Waals surface area contributed by atoms with Gasteiger partial charge in [0, 0.05) is 4.47 Å². The van der Waals surface area contributed by atoms with Gasteiger partial charge < -0.3 is 9.84 Å². The smallest absolute Gasteiger partial charge is 0.339 e. The molecule has 0 saturated carbocycles. The Balaban J connectivity index is 2.90. The van der Waals surface area contributed by atoms with E-state index in [4.69, 9.17) is 0 Å². The lowest BCUT2D eigenvalue weighted by molar-refractivity contribution is -0.153. The van der Waals surface area contributed by atoms with E-state index in [1.54, 1.807) is 6.92 Å². The largest absolute Gasteiger partial charge is 0.464 e. The number of carbonyl (C=O) groups is 1. The van der Waals surface area contributed by atoms with Gasteiger partial charge in [0.2, 0.25) is 0 Å². The molecule has 0 amide bonds. The van der Waals surface area contributed by atoms with Crippen molar-refractivity contribution in [3.05, 3.63) is 34.1 Å². The molecule has 1 unspecified atom stereocenters. The van der Waals surface area contributed by atoms with Crippen molar-refractivity contribution >= 4 is 21.9 Å². The van der Waals surface area contributed by atoms with Crippen LogP contribution in [-0.4, -0.2) is 17.7 Å². The Morgan fingerprint density at radius 1 is 1.60 bits per heavy atom.